The number of thiophene rings is 1. The number of nitrogens with zero attached hydrogens (tertiary/aromatic N) is 3. The van der Waals surface area contributed by atoms with E-state index in [-0.39, 0.29) is 6.04 Å². The molecule has 0 saturated carbocycles. The standard InChI is InChI=1S/C10H14N4S/c1-7(11-2)10-12-9(13-14(10)3)8-5-4-6-15-8/h4-7,11H,1-3H3. The molecule has 0 aliphatic carbocycles. The topological polar surface area (TPSA) is 42.7 Å². The zero-order valence-electron chi connectivity index (χ0n) is 9.06. The molecule has 1 unspecified atom stereocenters. The Balaban J connectivity index is 2.37. The van der Waals surface area contributed by atoms with E-state index in [1.54, 1.807) is 11.3 Å². The molecule has 15 heavy (non-hydrogen) atoms. The molecule has 0 saturated heterocycles. The van der Waals surface area contributed by atoms with Crippen LogP contribution < -0.4 is 5.32 Å². The Morgan fingerprint density at radius 1 is 1.53 bits per heavy atom. The van der Waals surface area contributed by atoms with Crippen LogP contribution in [0, 0.1) is 0 Å². The number of rotatable bonds is 3. The van der Waals surface area contributed by atoms with E-state index in [4.69, 9.17) is 0 Å². The second-order valence-corrected chi connectivity index (χ2v) is 4.35. The second kappa shape index (κ2) is 4.12. The first-order valence-corrected chi connectivity index (χ1v) is 5.72. The Morgan fingerprint density at radius 2 is 2.33 bits per heavy atom. The minimum atomic E-state index is 0.219. The van der Waals surface area contributed by atoms with Crippen molar-refractivity contribution >= 4 is 11.3 Å². The lowest BCUT2D eigenvalue weighted by molar-refractivity contribution is 0.564. The maximum atomic E-state index is 4.52. The molecule has 2 rings (SSSR count). The summed E-state index contributed by atoms with van der Waals surface area (Å²) in [5, 5.41) is 9.59. The van der Waals surface area contributed by atoms with Gasteiger partial charge < -0.3 is 5.32 Å². The molecule has 0 aromatic carbocycles. The Labute approximate surface area is 93.0 Å². The van der Waals surface area contributed by atoms with Gasteiger partial charge in [0, 0.05) is 7.05 Å². The van der Waals surface area contributed by atoms with Gasteiger partial charge >= 0.3 is 0 Å². The van der Waals surface area contributed by atoms with Gasteiger partial charge in [-0.1, -0.05) is 6.07 Å². The third-order valence-electron chi connectivity index (χ3n) is 2.36. The van der Waals surface area contributed by atoms with Crippen LogP contribution in [0.5, 0.6) is 0 Å². The molecular formula is C10H14N4S. The van der Waals surface area contributed by atoms with E-state index in [0.717, 1.165) is 16.5 Å². The smallest absolute Gasteiger partial charge is 0.191 e. The monoisotopic (exact) mass is 222 g/mol. The molecule has 4 nitrogen and oxygen atoms in total. The summed E-state index contributed by atoms with van der Waals surface area (Å²) in [5.41, 5.74) is 0. The molecule has 1 atom stereocenters. The number of hydrogen-bond donors (Lipinski definition) is 1. The molecule has 5 heteroatoms. The van der Waals surface area contributed by atoms with Crippen LogP contribution in [0.15, 0.2) is 17.5 Å². The SMILES string of the molecule is CNC(C)c1nc(-c2cccs2)nn1C. The van der Waals surface area contributed by atoms with Crippen molar-refractivity contribution in [2.75, 3.05) is 7.05 Å². The van der Waals surface area contributed by atoms with Crippen molar-refractivity contribution in [2.45, 2.75) is 13.0 Å². The number of aryl methyl sites for hydroxylation is 1. The molecule has 1 N–H and O–H groups in total. The minimum Gasteiger partial charge on any atom is -0.311 e. The number of hydrogen-bond acceptors (Lipinski definition) is 4. The fourth-order valence-corrected chi connectivity index (χ4v) is 2.07. The lowest BCUT2D eigenvalue weighted by atomic mass is 10.3. The Hall–Kier alpha value is -1.20. The van der Waals surface area contributed by atoms with Gasteiger partial charge in [-0.2, -0.15) is 5.10 Å². The number of aromatic nitrogens is 3. The van der Waals surface area contributed by atoms with E-state index in [1.165, 1.54) is 0 Å². The predicted molar refractivity (Wildman–Crippen MR) is 61.8 cm³/mol. The summed E-state index contributed by atoms with van der Waals surface area (Å²) in [6.07, 6.45) is 0. The molecule has 2 heterocycles. The molecule has 0 bridgehead atoms. The molecule has 0 spiro atoms. The first-order chi connectivity index (χ1) is 7.22. The van der Waals surface area contributed by atoms with Crippen molar-refractivity contribution < 1.29 is 0 Å². The van der Waals surface area contributed by atoms with E-state index >= 15 is 0 Å². The van der Waals surface area contributed by atoms with Gasteiger partial charge in [-0.25, -0.2) is 4.98 Å². The molecule has 0 fully saturated rings. The summed E-state index contributed by atoms with van der Waals surface area (Å²) in [4.78, 5) is 5.63. The molecular weight excluding hydrogens is 208 g/mol. The van der Waals surface area contributed by atoms with Crippen molar-refractivity contribution in [1.82, 2.24) is 20.1 Å². The highest BCUT2D eigenvalue weighted by atomic mass is 32.1. The van der Waals surface area contributed by atoms with Gasteiger partial charge in [-0.3, -0.25) is 4.68 Å². The van der Waals surface area contributed by atoms with Crippen LogP contribution in [0.1, 0.15) is 18.8 Å². The summed E-state index contributed by atoms with van der Waals surface area (Å²) in [7, 11) is 3.84. The van der Waals surface area contributed by atoms with Crippen molar-refractivity contribution in [2.24, 2.45) is 7.05 Å². The van der Waals surface area contributed by atoms with Crippen LogP contribution in [-0.2, 0) is 7.05 Å². The fourth-order valence-electron chi connectivity index (χ4n) is 1.41. The average Bonchev–Trinajstić information content (AvgIpc) is 2.84. The highest BCUT2D eigenvalue weighted by Crippen LogP contribution is 2.22. The summed E-state index contributed by atoms with van der Waals surface area (Å²) in [6, 6.07) is 4.27. The maximum absolute atomic E-state index is 4.52. The van der Waals surface area contributed by atoms with Crippen LogP contribution in [-0.4, -0.2) is 21.8 Å². The van der Waals surface area contributed by atoms with Crippen LogP contribution in [0.2, 0.25) is 0 Å². The van der Waals surface area contributed by atoms with Gasteiger partial charge in [0.25, 0.3) is 0 Å². The van der Waals surface area contributed by atoms with Crippen LogP contribution in [0.4, 0.5) is 0 Å². The summed E-state index contributed by atoms with van der Waals surface area (Å²) < 4.78 is 1.83. The summed E-state index contributed by atoms with van der Waals surface area (Å²) >= 11 is 1.66. The first-order valence-electron chi connectivity index (χ1n) is 4.84. The molecule has 2 aromatic rings. The average molecular weight is 222 g/mol. The second-order valence-electron chi connectivity index (χ2n) is 3.40. The van der Waals surface area contributed by atoms with Crippen molar-refractivity contribution in [3.8, 4) is 10.7 Å². The zero-order valence-corrected chi connectivity index (χ0v) is 9.88. The van der Waals surface area contributed by atoms with Gasteiger partial charge in [-0.15, -0.1) is 11.3 Å². The maximum Gasteiger partial charge on any atom is 0.191 e. The molecule has 2 aromatic heterocycles. The van der Waals surface area contributed by atoms with E-state index in [2.05, 4.69) is 22.3 Å². The van der Waals surface area contributed by atoms with Crippen molar-refractivity contribution in [1.29, 1.82) is 0 Å². The normalized spacial score (nSPS) is 13.0. The van der Waals surface area contributed by atoms with E-state index in [1.807, 2.05) is 36.3 Å². The van der Waals surface area contributed by atoms with E-state index in [0.29, 0.717) is 0 Å². The lowest BCUT2D eigenvalue weighted by Gasteiger charge is -2.07. The molecule has 0 aliphatic heterocycles. The third kappa shape index (κ3) is 1.93. The van der Waals surface area contributed by atoms with Gasteiger partial charge in [0.15, 0.2) is 5.82 Å². The van der Waals surface area contributed by atoms with Crippen molar-refractivity contribution in [3.05, 3.63) is 23.3 Å². The highest BCUT2D eigenvalue weighted by molar-refractivity contribution is 7.13. The molecule has 0 amide bonds. The first kappa shape index (κ1) is 10.3. The largest absolute Gasteiger partial charge is 0.311 e. The van der Waals surface area contributed by atoms with Crippen molar-refractivity contribution in [3.63, 3.8) is 0 Å². The quantitative estimate of drug-likeness (QED) is 0.861. The van der Waals surface area contributed by atoms with Gasteiger partial charge in [-0.05, 0) is 25.4 Å². The predicted octanol–water partition coefficient (Wildman–Crippen LogP) is 1.82. The highest BCUT2D eigenvalue weighted by Gasteiger charge is 2.13. The Kier molecular flexibility index (Phi) is 2.83. The lowest BCUT2D eigenvalue weighted by Crippen LogP contribution is -2.16. The minimum absolute atomic E-state index is 0.219. The van der Waals surface area contributed by atoms with Gasteiger partial charge in [0.1, 0.15) is 5.82 Å². The molecule has 0 aliphatic rings. The van der Waals surface area contributed by atoms with Gasteiger partial charge in [0.05, 0.1) is 10.9 Å². The molecule has 0 radical (unpaired) electrons. The fraction of sp³-hybridized carbons (Fsp3) is 0.400. The summed E-state index contributed by atoms with van der Waals surface area (Å²) in [6.45, 7) is 2.07. The zero-order chi connectivity index (χ0) is 10.8. The van der Waals surface area contributed by atoms with Gasteiger partial charge in [0.2, 0.25) is 0 Å². The van der Waals surface area contributed by atoms with Crippen LogP contribution in [0.3, 0.4) is 0 Å². The van der Waals surface area contributed by atoms with E-state index in [9.17, 15) is 0 Å². The van der Waals surface area contributed by atoms with Crippen LogP contribution in [0.25, 0.3) is 10.7 Å². The van der Waals surface area contributed by atoms with E-state index < -0.39 is 0 Å². The molecule has 80 valence electrons. The summed E-state index contributed by atoms with van der Waals surface area (Å²) in [5.74, 6) is 1.77. The Bertz CT molecular complexity index is 432. The Morgan fingerprint density at radius 3 is 2.93 bits per heavy atom. The van der Waals surface area contributed by atoms with Crippen LogP contribution >= 0.6 is 11.3 Å². The number of nitrogens with one attached hydrogen (secondary N) is 1. The third-order valence-corrected chi connectivity index (χ3v) is 3.22.